The lowest BCUT2D eigenvalue weighted by Gasteiger charge is -2.25. The van der Waals surface area contributed by atoms with Crippen molar-refractivity contribution in [2.45, 2.75) is 100 Å². The van der Waals surface area contributed by atoms with Crippen LogP contribution in [-0.2, 0) is 5.41 Å². The van der Waals surface area contributed by atoms with Gasteiger partial charge in [-0.3, -0.25) is 0 Å². The second-order valence-electron chi connectivity index (χ2n) is 9.28. The normalized spacial score (nSPS) is 14.6. The number of hydrogen-bond donors (Lipinski definition) is 0. The summed E-state index contributed by atoms with van der Waals surface area (Å²) in [6.45, 7) is 26.6. The zero-order valence-corrected chi connectivity index (χ0v) is 20.0. The Labute approximate surface area is 171 Å². The minimum absolute atomic E-state index is 0.285. The quantitative estimate of drug-likeness (QED) is 0.420. The fourth-order valence-electron chi connectivity index (χ4n) is 3.34. The fraction of sp³-hybridized carbons (Fsp3) is 0.630. The van der Waals surface area contributed by atoms with Crippen LogP contribution in [0.1, 0.15) is 99.1 Å². The third kappa shape index (κ3) is 9.45. The van der Waals surface area contributed by atoms with E-state index in [0.717, 1.165) is 5.92 Å². The summed E-state index contributed by atoms with van der Waals surface area (Å²) >= 11 is 0. The van der Waals surface area contributed by atoms with Gasteiger partial charge in [0, 0.05) is 5.92 Å². The summed E-state index contributed by atoms with van der Waals surface area (Å²) in [7, 11) is 0. The zero-order chi connectivity index (χ0) is 21.2. The first-order valence-corrected chi connectivity index (χ1v) is 10.9. The average molecular weight is 371 g/mol. The molecular weight excluding hydrogens is 324 g/mol. The van der Waals surface area contributed by atoms with E-state index in [1.54, 1.807) is 11.1 Å². The lowest BCUT2D eigenvalue weighted by molar-refractivity contribution is 0.447. The number of benzene rings is 1. The predicted molar refractivity (Wildman–Crippen MR) is 126 cm³/mol. The van der Waals surface area contributed by atoms with Crippen LogP contribution < -0.4 is 0 Å². The third-order valence-corrected chi connectivity index (χ3v) is 5.73. The maximum Gasteiger partial charge on any atom is 0.000647 e. The first-order valence-electron chi connectivity index (χ1n) is 10.9. The topological polar surface area (TPSA) is 0 Å². The Balaban J connectivity index is 0.000000533. The molecule has 0 aliphatic heterocycles. The van der Waals surface area contributed by atoms with Gasteiger partial charge in [-0.2, -0.15) is 0 Å². The van der Waals surface area contributed by atoms with Crippen LogP contribution in [0.5, 0.6) is 0 Å². The van der Waals surface area contributed by atoms with E-state index in [4.69, 9.17) is 0 Å². The Morgan fingerprint density at radius 3 is 1.81 bits per heavy atom. The van der Waals surface area contributed by atoms with Gasteiger partial charge in [0.25, 0.3) is 0 Å². The Bertz CT molecular complexity index is 577. The van der Waals surface area contributed by atoms with E-state index in [-0.39, 0.29) is 5.41 Å². The van der Waals surface area contributed by atoms with Gasteiger partial charge in [0.2, 0.25) is 0 Å². The summed E-state index contributed by atoms with van der Waals surface area (Å²) < 4.78 is 0. The van der Waals surface area contributed by atoms with Gasteiger partial charge in [-0.05, 0) is 56.9 Å². The van der Waals surface area contributed by atoms with E-state index in [0.29, 0.717) is 5.92 Å². The number of allylic oxidation sites excluding steroid dienone is 3. The van der Waals surface area contributed by atoms with Gasteiger partial charge in [-0.1, -0.05) is 108 Å². The molecule has 0 saturated carbocycles. The molecule has 0 radical (unpaired) electrons. The van der Waals surface area contributed by atoms with E-state index in [1.807, 2.05) is 0 Å². The van der Waals surface area contributed by atoms with Crippen LogP contribution in [0.4, 0.5) is 0 Å². The highest BCUT2D eigenvalue weighted by Gasteiger charge is 2.18. The van der Waals surface area contributed by atoms with Crippen LogP contribution in [0.3, 0.4) is 0 Å². The van der Waals surface area contributed by atoms with E-state index in [2.05, 4.69) is 100 Å². The summed E-state index contributed by atoms with van der Waals surface area (Å²) in [5, 5.41) is 0. The molecule has 0 aliphatic rings. The molecule has 0 aliphatic carbocycles. The van der Waals surface area contributed by atoms with Gasteiger partial charge in [-0.25, -0.2) is 0 Å². The van der Waals surface area contributed by atoms with Crippen LogP contribution in [0, 0.1) is 18.8 Å². The highest BCUT2D eigenvalue weighted by molar-refractivity contribution is 5.26. The highest BCUT2D eigenvalue weighted by atomic mass is 14.2. The van der Waals surface area contributed by atoms with Crippen molar-refractivity contribution in [1.82, 2.24) is 0 Å². The molecule has 0 spiro atoms. The molecule has 0 N–H and O–H groups in total. The number of aryl methyl sites for hydroxylation is 1. The Morgan fingerprint density at radius 1 is 0.963 bits per heavy atom. The molecule has 154 valence electrons. The SMILES string of the molecule is C=C(C)C(CC(C)CC)/C(CC)=C(\C)CC.Cc1ccc(C(C)(C)C)cc1. The molecule has 1 rings (SSSR count). The van der Waals surface area contributed by atoms with Crippen molar-refractivity contribution in [3.05, 3.63) is 58.7 Å². The molecule has 2 atom stereocenters. The van der Waals surface area contributed by atoms with Crippen LogP contribution in [0.2, 0.25) is 0 Å². The standard InChI is InChI=1S/C16H30.C11H16/c1-8-13(6)11-16(12(4)5)15(10-3)14(7)9-2;1-9-5-7-10(8-6-9)11(2,3)4/h13,16H,4,8-11H2,1-3,5-7H3;5-8H,1-4H3/b15-14+;. The molecule has 0 heteroatoms. The summed E-state index contributed by atoms with van der Waals surface area (Å²) in [4.78, 5) is 0. The van der Waals surface area contributed by atoms with Crippen LogP contribution >= 0.6 is 0 Å². The molecule has 1 aromatic rings. The Kier molecular flexibility index (Phi) is 11.6. The molecule has 0 bridgehead atoms. The smallest absolute Gasteiger partial charge is 0.000647 e. The van der Waals surface area contributed by atoms with Gasteiger partial charge < -0.3 is 0 Å². The van der Waals surface area contributed by atoms with Crippen molar-refractivity contribution >= 4 is 0 Å². The number of hydrogen-bond acceptors (Lipinski definition) is 0. The first-order chi connectivity index (χ1) is 12.5. The van der Waals surface area contributed by atoms with Crippen molar-refractivity contribution < 1.29 is 0 Å². The van der Waals surface area contributed by atoms with Crippen molar-refractivity contribution in [3.63, 3.8) is 0 Å². The van der Waals surface area contributed by atoms with Crippen molar-refractivity contribution in [3.8, 4) is 0 Å². The average Bonchev–Trinajstić information content (AvgIpc) is 2.60. The number of rotatable bonds is 7. The minimum atomic E-state index is 0.285. The monoisotopic (exact) mass is 370 g/mol. The van der Waals surface area contributed by atoms with Crippen molar-refractivity contribution in [2.75, 3.05) is 0 Å². The molecule has 0 nitrogen and oxygen atoms in total. The Morgan fingerprint density at radius 2 is 1.48 bits per heavy atom. The molecule has 1 aromatic carbocycles. The van der Waals surface area contributed by atoms with Crippen LogP contribution in [-0.4, -0.2) is 0 Å². The summed E-state index contributed by atoms with van der Waals surface area (Å²) in [5.41, 5.74) is 7.56. The predicted octanol–water partition coefficient (Wildman–Crippen LogP) is 9.04. The van der Waals surface area contributed by atoms with Gasteiger partial charge in [0.1, 0.15) is 0 Å². The largest absolute Gasteiger partial charge is 0.0995 e. The van der Waals surface area contributed by atoms with Crippen LogP contribution in [0.15, 0.2) is 47.6 Å². The van der Waals surface area contributed by atoms with E-state index in [1.165, 1.54) is 42.4 Å². The third-order valence-electron chi connectivity index (χ3n) is 5.73. The maximum atomic E-state index is 4.19. The molecule has 0 fully saturated rings. The molecule has 2 unspecified atom stereocenters. The maximum absolute atomic E-state index is 4.19. The molecule has 27 heavy (non-hydrogen) atoms. The molecule has 0 heterocycles. The molecule has 0 saturated heterocycles. The fourth-order valence-corrected chi connectivity index (χ4v) is 3.34. The van der Waals surface area contributed by atoms with Gasteiger partial charge >= 0.3 is 0 Å². The lowest BCUT2D eigenvalue weighted by Crippen LogP contribution is -2.11. The minimum Gasteiger partial charge on any atom is -0.0995 e. The molecule has 0 aromatic heterocycles. The van der Waals surface area contributed by atoms with Crippen molar-refractivity contribution in [2.24, 2.45) is 11.8 Å². The van der Waals surface area contributed by atoms with Crippen LogP contribution in [0.25, 0.3) is 0 Å². The summed E-state index contributed by atoms with van der Waals surface area (Å²) in [6, 6.07) is 8.74. The summed E-state index contributed by atoms with van der Waals surface area (Å²) in [5.74, 6) is 1.41. The first kappa shape index (κ1) is 25.7. The zero-order valence-electron chi connectivity index (χ0n) is 20.0. The highest BCUT2D eigenvalue weighted by Crippen LogP contribution is 2.32. The Hall–Kier alpha value is -1.30. The van der Waals surface area contributed by atoms with Crippen molar-refractivity contribution in [1.29, 1.82) is 0 Å². The second kappa shape index (κ2) is 12.2. The van der Waals surface area contributed by atoms with Gasteiger partial charge in [0.15, 0.2) is 0 Å². The second-order valence-corrected chi connectivity index (χ2v) is 9.28. The van der Waals surface area contributed by atoms with E-state index in [9.17, 15) is 0 Å². The lowest BCUT2D eigenvalue weighted by atomic mass is 9.80. The van der Waals surface area contributed by atoms with E-state index < -0.39 is 0 Å². The molecule has 0 amide bonds. The van der Waals surface area contributed by atoms with E-state index >= 15 is 0 Å². The molecular formula is C27H46. The summed E-state index contributed by atoms with van der Waals surface area (Å²) in [6.07, 6.45) is 4.89. The van der Waals surface area contributed by atoms with Gasteiger partial charge in [-0.15, -0.1) is 0 Å². The van der Waals surface area contributed by atoms with Gasteiger partial charge in [0.05, 0.1) is 0 Å².